The molecule has 0 aliphatic carbocycles. The molecule has 0 saturated heterocycles. The molecule has 0 aliphatic rings. The number of carboxylic acids is 1. The maximum Gasteiger partial charge on any atom is 0.339 e. The van der Waals surface area contributed by atoms with Crippen molar-refractivity contribution in [1.82, 2.24) is 4.98 Å². The van der Waals surface area contributed by atoms with E-state index in [1.807, 2.05) is 19.1 Å². The van der Waals surface area contributed by atoms with Crippen molar-refractivity contribution in [2.45, 2.75) is 13.0 Å². The molecule has 19 heavy (non-hydrogen) atoms. The Morgan fingerprint density at radius 3 is 2.63 bits per heavy atom. The van der Waals surface area contributed by atoms with Gasteiger partial charge in [0.25, 0.3) is 0 Å². The molecule has 1 aromatic heterocycles. The fraction of sp³-hybridized carbons (Fsp3) is 0.143. The second-order valence-electron chi connectivity index (χ2n) is 4.10. The first-order valence-electron chi connectivity index (χ1n) is 5.77. The van der Waals surface area contributed by atoms with Gasteiger partial charge in [0.15, 0.2) is 0 Å². The maximum absolute atomic E-state index is 11.1. The number of nitrogen functional groups attached to an aromatic ring is 1. The van der Waals surface area contributed by atoms with Gasteiger partial charge in [0.1, 0.15) is 17.4 Å². The van der Waals surface area contributed by atoms with Crippen LogP contribution in [-0.2, 0) is 0 Å². The number of hydrogen-bond acceptors (Lipinski definition) is 4. The van der Waals surface area contributed by atoms with E-state index in [0.29, 0.717) is 11.4 Å². The Morgan fingerprint density at radius 2 is 2.00 bits per heavy atom. The maximum atomic E-state index is 11.1. The number of nitrogens with zero attached hydrogens (tertiary/aromatic N) is 1. The van der Waals surface area contributed by atoms with Crippen molar-refractivity contribution in [1.29, 1.82) is 0 Å². The van der Waals surface area contributed by atoms with Gasteiger partial charge in [0.2, 0.25) is 0 Å². The van der Waals surface area contributed by atoms with Crippen molar-refractivity contribution in [3.63, 3.8) is 0 Å². The summed E-state index contributed by atoms with van der Waals surface area (Å²) in [5, 5.41) is 9.13. The highest BCUT2D eigenvalue weighted by Gasteiger charge is 2.15. The molecule has 0 amide bonds. The number of carboxylic acid groups (broad SMARTS) is 1. The molecule has 1 aromatic carbocycles. The average molecular weight is 258 g/mol. The van der Waals surface area contributed by atoms with Crippen molar-refractivity contribution >= 4 is 11.7 Å². The second kappa shape index (κ2) is 5.39. The summed E-state index contributed by atoms with van der Waals surface area (Å²) < 4.78 is 5.68. The highest BCUT2D eigenvalue weighted by atomic mass is 16.5. The first kappa shape index (κ1) is 12.9. The summed E-state index contributed by atoms with van der Waals surface area (Å²) in [5.74, 6) is -0.768. The Hall–Kier alpha value is -2.56. The van der Waals surface area contributed by atoms with Gasteiger partial charge in [0, 0.05) is 18.1 Å². The minimum Gasteiger partial charge on any atom is -0.485 e. The van der Waals surface area contributed by atoms with Gasteiger partial charge in [-0.15, -0.1) is 0 Å². The summed E-state index contributed by atoms with van der Waals surface area (Å²) in [7, 11) is 0. The van der Waals surface area contributed by atoms with Gasteiger partial charge in [-0.05, 0) is 42.8 Å². The van der Waals surface area contributed by atoms with Crippen LogP contribution in [0.5, 0.6) is 5.75 Å². The van der Waals surface area contributed by atoms with E-state index in [2.05, 4.69) is 4.98 Å². The molecule has 5 nitrogen and oxygen atoms in total. The molecule has 3 N–H and O–H groups in total. The number of pyridine rings is 1. The lowest BCUT2D eigenvalue weighted by molar-refractivity contribution is 0.0690. The third kappa shape index (κ3) is 3.01. The van der Waals surface area contributed by atoms with Crippen molar-refractivity contribution in [3.8, 4) is 5.75 Å². The fourth-order valence-corrected chi connectivity index (χ4v) is 1.71. The lowest BCUT2D eigenvalue weighted by Gasteiger charge is -2.16. The summed E-state index contributed by atoms with van der Waals surface area (Å²) in [6.07, 6.45) is 3.05. The SMILES string of the molecule is CC(Oc1ccc(N)cc1C(=O)O)c1ccncc1. The van der Waals surface area contributed by atoms with Crippen LogP contribution in [0.15, 0.2) is 42.7 Å². The third-order valence-corrected chi connectivity index (χ3v) is 2.71. The number of aromatic carboxylic acids is 1. The van der Waals surface area contributed by atoms with E-state index in [0.717, 1.165) is 5.56 Å². The van der Waals surface area contributed by atoms with Crippen LogP contribution < -0.4 is 10.5 Å². The highest BCUT2D eigenvalue weighted by Crippen LogP contribution is 2.26. The van der Waals surface area contributed by atoms with Crippen molar-refractivity contribution in [3.05, 3.63) is 53.9 Å². The molecule has 2 aromatic rings. The van der Waals surface area contributed by atoms with Crippen LogP contribution in [0.1, 0.15) is 28.9 Å². The summed E-state index contributed by atoms with van der Waals surface area (Å²) >= 11 is 0. The van der Waals surface area contributed by atoms with Crippen molar-refractivity contribution < 1.29 is 14.6 Å². The zero-order chi connectivity index (χ0) is 13.8. The zero-order valence-electron chi connectivity index (χ0n) is 10.4. The molecule has 2 rings (SSSR count). The van der Waals surface area contributed by atoms with Crippen LogP contribution in [0, 0.1) is 0 Å². The quantitative estimate of drug-likeness (QED) is 0.823. The largest absolute Gasteiger partial charge is 0.485 e. The van der Waals surface area contributed by atoms with Gasteiger partial charge in [0.05, 0.1) is 0 Å². The number of rotatable bonds is 4. The van der Waals surface area contributed by atoms with Crippen LogP contribution in [0.2, 0.25) is 0 Å². The highest BCUT2D eigenvalue weighted by molar-refractivity contribution is 5.92. The number of benzene rings is 1. The minimum absolute atomic E-state index is 0.0564. The summed E-state index contributed by atoms with van der Waals surface area (Å²) in [6, 6.07) is 8.21. The number of hydrogen-bond donors (Lipinski definition) is 2. The predicted molar refractivity (Wildman–Crippen MR) is 71.1 cm³/mol. The summed E-state index contributed by atoms with van der Waals surface area (Å²) in [5.41, 5.74) is 6.95. The molecule has 0 aliphatic heterocycles. The van der Waals surface area contributed by atoms with Gasteiger partial charge in [-0.1, -0.05) is 0 Å². The van der Waals surface area contributed by atoms with Crippen LogP contribution in [-0.4, -0.2) is 16.1 Å². The van der Waals surface area contributed by atoms with E-state index >= 15 is 0 Å². The van der Waals surface area contributed by atoms with E-state index < -0.39 is 5.97 Å². The Kier molecular flexibility index (Phi) is 3.66. The van der Waals surface area contributed by atoms with Crippen molar-refractivity contribution in [2.24, 2.45) is 0 Å². The van der Waals surface area contributed by atoms with Gasteiger partial charge < -0.3 is 15.6 Å². The van der Waals surface area contributed by atoms with Crippen LogP contribution >= 0.6 is 0 Å². The van der Waals surface area contributed by atoms with Gasteiger partial charge >= 0.3 is 5.97 Å². The topological polar surface area (TPSA) is 85.4 Å². The van der Waals surface area contributed by atoms with E-state index in [-0.39, 0.29) is 11.7 Å². The molecular weight excluding hydrogens is 244 g/mol. The summed E-state index contributed by atoms with van der Waals surface area (Å²) in [4.78, 5) is 15.1. The molecule has 0 radical (unpaired) electrons. The molecule has 98 valence electrons. The molecule has 1 unspecified atom stereocenters. The second-order valence-corrected chi connectivity index (χ2v) is 4.10. The first-order chi connectivity index (χ1) is 9.08. The van der Waals surface area contributed by atoms with Crippen LogP contribution in [0.3, 0.4) is 0 Å². The minimum atomic E-state index is -1.07. The Labute approximate surface area is 110 Å². The molecule has 0 bridgehead atoms. The number of aromatic nitrogens is 1. The van der Waals surface area contributed by atoms with Gasteiger partial charge in [-0.2, -0.15) is 0 Å². The van der Waals surface area contributed by atoms with Crippen molar-refractivity contribution in [2.75, 3.05) is 5.73 Å². The molecule has 0 saturated carbocycles. The summed E-state index contributed by atoms with van der Waals surface area (Å²) in [6.45, 7) is 1.84. The van der Waals surface area contributed by atoms with Crippen LogP contribution in [0.4, 0.5) is 5.69 Å². The monoisotopic (exact) mass is 258 g/mol. The van der Waals surface area contributed by atoms with E-state index in [4.69, 9.17) is 15.6 Å². The zero-order valence-corrected chi connectivity index (χ0v) is 10.4. The molecule has 5 heteroatoms. The molecular formula is C14H14N2O3. The van der Waals surface area contributed by atoms with Crippen LogP contribution in [0.25, 0.3) is 0 Å². The smallest absolute Gasteiger partial charge is 0.339 e. The number of nitrogens with two attached hydrogens (primary N) is 1. The predicted octanol–water partition coefficient (Wildman–Crippen LogP) is 2.50. The lowest BCUT2D eigenvalue weighted by Crippen LogP contribution is -2.08. The number of anilines is 1. The Morgan fingerprint density at radius 1 is 1.32 bits per heavy atom. The number of carbonyl (C=O) groups is 1. The van der Waals surface area contributed by atoms with E-state index in [1.165, 1.54) is 6.07 Å². The molecule has 1 atom stereocenters. The van der Waals surface area contributed by atoms with Gasteiger partial charge in [-0.25, -0.2) is 4.79 Å². The third-order valence-electron chi connectivity index (χ3n) is 2.71. The normalized spacial score (nSPS) is 11.8. The Balaban J connectivity index is 2.26. The Bertz CT molecular complexity index is 584. The van der Waals surface area contributed by atoms with E-state index in [9.17, 15) is 4.79 Å². The standard InChI is InChI=1S/C14H14N2O3/c1-9(10-4-6-16-7-5-10)19-13-3-2-11(15)8-12(13)14(17)18/h2-9H,15H2,1H3,(H,17,18). The first-order valence-corrected chi connectivity index (χ1v) is 5.77. The molecule has 1 heterocycles. The van der Waals surface area contributed by atoms with E-state index in [1.54, 1.807) is 24.5 Å². The molecule has 0 fully saturated rings. The average Bonchev–Trinajstić information content (AvgIpc) is 2.41. The lowest BCUT2D eigenvalue weighted by atomic mass is 10.1. The van der Waals surface area contributed by atoms with Gasteiger partial charge in [-0.3, -0.25) is 4.98 Å². The molecule has 0 spiro atoms. The number of ether oxygens (including phenoxy) is 1. The fourth-order valence-electron chi connectivity index (χ4n) is 1.71.